The molecule has 0 bridgehead atoms. The Morgan fingerprint density at radius 3 is 2.94 bits per heavy atom. The molecule has 1 fully saturated rings. The Bertz CT molecular complexity index is 382. The van der Waals surface area contributed by atoms with E-state index < -0.39 is 0 Å². The van der Waals surface area contributed by atoms with E-state index in [1.807, 2.05) is 0 Å². The zero-order valence-electron chi connectivity index (χ0n) is 10.1. The summed E-state index contributed by atoms with van der Waals surface area (Å²) in [7, 11) is 0. The SMILES string of the molecule is OC(CC1CCOC1)CC1Cc2ccccc21. The lowest BCUT2D eigenvalue weighted by Gasteiger charge is -2.32. The van der Waals surface area contributed by atoms with Crippen molar-refractivity contribution in [2.45, 2.75) is 37.7 Å². The Hall–Kier alpha value is -0.860. The van der Waals surface area contributed by atoms with Crippen LogP contribution in [0.3, 0.4) is 0 Å². The standard InChI is InChI=1S/C15H20O2/c16-14(7-11-5-6-17-10-11)9-13-8-12-3-1-2-4-15(12)13/h1-4,11,13-14,16H,5-10H2. The topological polar surface area (TPSA) is 29.5 Å². The van der Waals surface area contributed by atoms with Crippen molar-refractivity contribution < 1.29 is 9.84 Å². The summed E-state index contributed by atoms with van der Waals surface area (Å²) in [6.07, 6.45) is 3.96. The second-order valence-corrected chi connectivity index (χ2v) is 5.45. The van der Waals surface area contributed by atoms with Gasteiger partial charge in [0.2, 0.25) is 0 Å². The molecule has 0 spiro atoms. The molecule has 1 saturated heterocycles. The zero-order valence-corrected chi connectivity index (χ0v) is 10.1. The van der Waals surface area contributed by atoms with E-state index in [-0.39, 0.29) is 6.10 Å². The van der Waals surface area contributed by atoms with Crippen LogP contribution in [0.15, 0.2) is 24.3 Å². The van der Waals surface area contributed by atoms with Crippen molar-refractivity contribution in [2.24, 2.45) is 5.92 Å². The molecule has 0 aromatic heterocycles. The minimum atomic E-state index is -0.153. The van der Waals surface area contributed by atoms with Crippen LogP contribution in [0.1, 0.15) is 36.3 Å². The summed E-state index contributed by atoms with van der Waals surface area (Å²) in [4.78, 5) is 0. The van der Waals surface area contributed by atoms with Gasteiger partial charge in [-0.2, -0.15) is 0 Å². The Morgan fingerprint density at radius 1 is 1.29 bits per heavy atom. The molecule has 1 heterocycles. The predicted molar refractivity (Wildman–Crippen MR) is 67.1 cm³/mol. The highest BCUT2D eigenvalue weighted by Gasteiger charge is 2.28. The van der Waals surface area contributed by atoms with Crippen LogP contribution in [-0.2, 0) is 11.2 Å². The van der Waals surface area contributed by atoms with Crippen molar-refractivity contribution >= 4 is 0 Å². The van der Waals surface area contributed by atoms with Gasteiger partial charge in [0, 0.05) is 13.2 Å². The number of hydrogen-bond acceptors (Lipinski definition) is 2. The molecule has 0 radical (unpaired) electrons. The number of aliphatic hydroxyl groups is 1. The minimum absolute atomic E-state index is 0.153. The number of fused-ring (bicyclic) bond motifs is 1. The Morgan fingerprint density at radius 2 is 2.18 bits per heavy atom. The average molecular weight is 232 g/mol. The molecular formula is C15H20O2. The molecule has 92 valence electrons. The second-order valence-electron chi connectivity index (χ2n) is 5.45. The molecule has 1 aliphatic carbocycles. The first-order valence-corrected chi connectivity index (χ1v) is 6.66. The molecule has 0 amide bonds. The highest BCUT2D eigenvalue weighted by atomic mass is 16.5. The minimum Gasteiger partial charge on any atom is -0.393 e. The fraction of sp³-hybridized carbons (Fsp3) is 0.600. The summed E-state index contributed by atoms with van der Waals surface area (Å²) >= 11 is 0. The molecule has 17 heavy (non-hydrogen) atoms. The highest BCUT2D eigenvalue weighted by Crippen LogP contribution is 2.38. The largest absolute Gasteiger partial charge is 0.393 e. The van der Waals surface area contributed by atoms with Gasteiger partial charge < -0.3 is 9.84 Å². The second kappa shape index (κ2) is 4.79. The molecule has 2 heteroatoms. The van der Waals surface area contributed by atoms with Crippen LogP contribution in [-0.4, -0.2) is 24.4 Å². The highest BCUT2D eigenvalue weighted by molar-refractivity contribution is 5.39. The van der Waals surface area contributed by atoms with Crippen molar-refractivity contribution in [1.29, 1.82) is 0 Å². The summed E-state index contributed by atoms with van der Waals surface area (Å²) < 4.78 is 5.35. The fourth-order valence-corrected chi connectivity index (χ4v) is 3.15. The van der Waals surface area contributed by atoms with Crippen molar-refractivity contribution in [3.63, 3.8) is 0 Å². The van der Waals surface area contributed by atoms with Crippen LogP contribution in [0.2, 0.25) is 0 Å². The van der Waals surface area contributed by atoms with Crippen LogP contribution in [0, 0.1) is 5.92 Å². The summed E-state index contributed by atoms with van der Waals surface area (Å²) in [6, 6.07) is 8.60. The molecule has 1 aliphatic heterocycles. The summed E-state index contributed by atoms with van der Waals surface area (Å²) in [6.45, 7) is 1.72. The van der Waals surface area contributed by atoms with E-state index in [1.165, 1.54) is 11.1 Å². The van der Waals surface area contributed by atoms with Crippen molar-refractivity contribution in [3.05, 3.63) is 35.4 Å². The van der Waals surface area contributed by atoms with E-state index in [2.05, 4.69) is 24.3 Å². The maximum atomic E-state index is 10.1. The van der Waals surface area contributed by atoms with Gasteiger partial charge in [-0.05, 0) is 48.6 Å². The summed E-state index contributed by atoms with van der Waals surface area (Å²) in [5.41, 5.74) is 2.92. The smallest absolute Gasteiger partial charge is 0.0549 e. The number of aliphatic hydroxyl groups excluding tert-OH is 1. The monoisotopic (exact) mass is 232 g/mol. The van der Waals surface area contributed by atoms with Gasteiger partial charge in [-0.15, -0.1) is 0 Å². The lowest BCUT2D eigenvalue weighted by molar-refractivity contribution is 0.112. The zero-order chi connectivity index (χ0) is 11.7. The van der Waals surface area contributed by atoms with Crippen LogP contribution < -0.4 is 0 Å². The number of ether oxygens (including phenoxy) is 1. The normalized spacial score (nSPS) is 28.5. The van der Waals surface area contributed by atoms with Crippen molar-refractivity contribution in [3.8, 4) is 0 Å². The van der Waals surface area contributed by atoms with Crippen LogP contribution in [0.4, 0.5) is 0 Å². The van der Waals surface area contributed by atoms with E-state index >= 15 is 0 Å². The first-order valence-electron chi connectivity index (χ1n) is 6.66. The van der Waals surface area contributed by atoms with Gasteiger partial charge >= 0.3 is 0 Å². The first kappa shape index (κ1) is 11.2. The third-order valence-corrected chi connectivity index (χ3v) is 4.15. The van der Waals surface area contributed by atoms with Crippen molar-refractivity contribution in [2.75, 3.05) is 13.2 Å². The van der Waals surface area contributed by atoms with E-state index in [1.54, 1.807) is 0 Å². The van der Waals surface area contributed by atoms with Gasteiger partial charge in [0.15, 0.2) is 0 Å². The van der Waals surface area contributed by atoms with E-state index in [9.17, 15) is 5.11 Å². The Balaban J connectivity index is 1.51. The maximum Gasteiger partial charge on any atom is 0.0549 e. The van der Waals surface area contributed by atoms with Crippen LogP contribution >= 0.6 is 0 Å². The Labute approximate surface area is 103 Å². The quantitative estimate of drug-likeness (QED) is 0.864. The molecule has 1 aromatic rings. The number of hydrogen-bond donors (Lipinski definition) is 1. The molecule has 0 saturated carbocycles. The molecule has 3 unspecified atom stereocenters. The van der Waals surface area contributed by atoms with Gasteiger partial charge in [0.25, 0.3) is 0 Å². The predicted octanol–water partition coefficient (Wildman–Crippen LogP) is 2.50. The fourth-order valence-electron chi connectivity index (χ4n) is 3.15. The molecule has 3 atom stereocenters. The third-order valence-electron chi connectivity index (χ3n) is 4.15. The third kappa shape index (κ3) is 2.38. The Kier molecular flexibility index (Phi) is 3.17. The van der Waals surface area contributed by atoms with Crippen molar-refractivity contribution in [1.82, 2.24) is 0 Å². The maximum absolute atomic E-state index is 10.1. The molecule has 2 nitrogen and oxygen atoms in total. The molecule has 3 rings (SSSR count). The average Bonchev–Trinajstić information content (AvgIpc) is 2.79. The van der Waals surface area contributed by atoms with Gasteiger partial charge in [-0.3, -0.25) is 0 Å². The van der Waals surface area contributed by atoms with E-state index in [0.717, 1.165) is 38.9 Å². The van der Waals surface area contributed by atoms with E-state index in [4.69, 9.17) is 4.74 Å². The van der Waals surface area contributed by atoms with Gasteiger partial charge in [-0.25, -0.2) is 0 Å². The number of rotatable bonds is 4. The lowest BCUT2D eigenvalue weighted by Crippen LogP contribution is -2.24. The molecule has 1 aromatic carbocycles. The van der Waals surface area contributed by atoms with Gasteiger partial charge in [-0.1, -0.05) is 24.3 Å². The first-order chi connectivity index (χ1) is 8.33. The molecular weight excluding hydrogens is 212 g/mol. The van der Waals surface area contributed by atoms with Gasteiger partial charge in [0.1, 0.15) is 0 Å². The number of benzene rings is 1. The summed E-state index contributed by atoms with van der Waals surface area (Å²) in [5.74, 6) is 1.17. The van der Waals surface area contributed by atoms with Crippen LogP contribution in [0.5, 0.6) is 0 Å². The molecule has 2 aliphatic rings. The van der Waals surface area contributed by atoms with Crippen LogP contribution in [0.25, 0.3) is 0 Å². The molecule has 1 N–H and O–H groups in total. The lowest BCUT2D eigenvalue weighted by atomic mass is 9.74. The summed E-state index contributed by atoms with van der Waals surface area (Å²) in [5, 5.41) is 10.1. The van der Waals surface area contributed by atoms with E-state index in [0.29, 0.717) is 11.8 Å². The van der Waals surface area contributed by atoms with Gasteiger partial charge in [0.05, 0.1) is 6.10 Å².